The topological polar surface area (TPSA) is 50.8 Å². The summed E-state index contributed by atoms with van der Waals surface area (Å²) in [6.07, 6.45) is 1.67. The lowest BCUT2D eigenvalue weighted by atomic mass is 9.80. The summed E-state index contributed by atoms with van der Waals surface area (Å²) in [5.41, 5.74) is -0.517. The predicted molar refractivity (Wildman–Crippen MR) is 77.7 cm³/mol. The number of carbonyl (C=O) groups is 1. The third-order valence-electron chi connectivity index (χ3n) is 4.45. The van der Waals surface area contributed by atoms with Gasteiger partial charge in [-0.1, -0.05) is 6.92 Å². The van der Waals surface area contributed by atoms with Gasteiger partial charge in [-0.15, -0.1) is 0 Å². The minimum Gasteiger partial charge on any atom is -0.444 e. The van der Waals surface area contributed by atoms with Gasteiger partial charge in [-0.2, -0.15) is 0 Å². The van der Waals surface area contributed by atoms with Crippen LogP contribution < -0.4 is 5.32 Å². The van der Waals surface area contributed by atoms with Crippen LogP contribution in [-0.2, 0) is 9.47 Å². The Kier molecular flexibility index (Phi) is 4.30. The largest absolute Gasteiger partial charge is 0.444 e. The number of hydrogen-bond acceptors (Lipinski definition) is 4. The molecule has 0 aromatic heterocycles. The SMILES string of the molecule is C[C@@H]1CNCC[C@]12C[C@@H](N(C)C(=O)OC(C)(C)C)CO2. The summed E-state index contributed by atoms with van der Waals surface area (Å²) < 4.78 is 11.6. The molecule has 0 aromatic rings. The van der Waals surface area contributed by atoms with Gasteiger partial charge in [0.25, 0.3) is 0 Å². The molecule has 2 saturated heterocycles. The van der Waals surface area contributed by atoms with Crippen LogP contribution in [0.25, 0.3) is 0 Å². The highest BCUT2D eigenvalue weighted by molar-refractivity contribution is 5.68. The number of ether oxygens (including phenoxy) is 2. The molecule has 20 heavy (non-hydrogen) atoms. The molecule has 5 heteroatoms. The Balaban J connectivity index is 1.96. The maximum atomic E-state index is 12.1. The second-order valence-electron chi connectivity index (χ2n) is 7.18. The van der Waals surface area contributed by atoms with Crippen LogP contribution in [0.5, 0.6) is 0 Å². The van der Waals surface area contributed by atoms with Gasteiger partial charge in [0.1, 0.15) is 5.60 Å². The van der Waals surface area contributed by atoms with E-state index in [0.717, 1.165) is 25.9 Å². The molecule has 1 spiro atoms. The zero-order valence-corrected chi connectivity index (χ0v) is 13.4. The fourth-order valence-corrected chi connectivity index (χ4v) is 3.08. The molecular weight excluding hydrogens is 256 g/mol. The lowest BCUT2D eigenvalue weighted by molar-refractivity contribution is -0.0564. The average molecular weight is 284 g/mol. The van der Waals surface area contributed by atoms with E-state index in [2.05, 4.69) is 12.2 Å². The molecule has 0 radical (unpaired) electrons. The first-order valence-corrected chi connectivity index (χ1v) is 7.54. The highest BCUT2D eigenvalue weighted by atomic mass is 16.6. The van der Waals surface area contributed by atoms with Crippen molar-refractivity contribution in [2.24, 2.45) is 5.92 Å². The number of rotatable bonds is 1. The zero-order valence-electron chi connectivity index (χ0n) is 13.4. The van der Waals surface area contributed by atoms with Crippen LogP contribution in [0.4, 0.5) is 4.79 Å². The summed E-state index contributed by atoms with van der Waals surface area (Å²) in [4.78, 5) is 13.8. The molecule has 116 valence electrons. The van der Waals surface area contributed by atoms with Crippen molar-refractivity contribution in [2.75, 3.05) is 26.7 Å². The van der Waals surface area contributed by atoms with Gasteiger partial charge in [0.15, 0.2) is 0 Å². The molecule has 0 saturated carbocycles. The molecule has 2 fully saturated rings. The summed E-state index contributed by atoms with van der Waals surface area (Å²) in [6.45, 7) is 10.5. The summed E-state index contributed by atoms with van der Waals surface area (Å²) in [6, 6.07) is 0.116. The van der Waals surface area contributed by atoms with Gasteiger partial charge in [0.05, 0.1) is 18.2 Å². The molecule has 3 atom stereocenters. The Hall–Kier alpha value is -0.810. The summed E-state index contributed by atoms with van der Waals surface area (Å²) in [7, 11) is 1.81. The maximum Gasteiger partial charge on any atom is 0.410 e. The normalized spacial score (nSPS) is 34.2. The number of likely N-dealkylation sites (N-methyl/N-ethyl adjacent to an activating group) is 1. The van der Waals surface area contributed by atoms with Gasteiger partial charge in [-0.25, -0.2) is 4.79 Å². The highest BCUT2D eigenvalue weighted by Gasteiger charge is 2.47. The molecule has 2 aliphatic rings. The molecule has 2 aliphatic heterocycles. The molecule has 2 rings (SSSR count). The first-order chi connectivity index (χ1) is 9.23. The van der Waals surface area contributed by atoms with E-state index in [1.165, 1.54) is 0 Å². The van der Waals surface area contributed by atoms with Crippen molar-refractivity contribution in [2.45, 2.75) is 57.8 Å². The van der Waals surface area contributed by atoms with Gasteiger partial charge >= 0.3 is 6.09 Å². The Morgan fingerprint density at radius 3 is 2.75 bits per heavy atom. The van der Waals surface area contributed by atoms with Gasteiger partial charge in [0.2, 0.25) is 0 Å². The van der Waals surface area contributed by atoms with Gasteiger partial charge in [-0.3, -0.25) is 0 Å². The molecular formula is C15H28N2O3. The number of hydrogen-bond donors (Lipinski definition) is 1. The Morgan fingerprint density at radius 1 is 1.45 bits per heavy atom. The van der Waals surface area contributed by atoms with E-state index in [4.69, 9.17) is 9.47 Å². The van der Waals surface area contributed by atoms with Crippen LogP contribution in [0.15, 0.2) is 0 Å². The lowest BCUT2D eigenvalue weighted by Gasteiger charge is -2.39. The number of carbonyl (C=O) groups excluding carboxylic acids is 1. The van der Waals surface area contributed by atoms with Crippen LogP contribution in [-0.4, -0.2) is 55.0 Å². The third-order valence-corrected chi connectivity index (χ3v) is 4.45. The predicted octanol–water partition coefficient (Wildman–Crippen LogP) is 2.01. The molecule has 1 N–H and O–H groups in total. The van der Waals surface area contributed by atoms with E-state index in [0.29, 0.717) is 12.5 Å². The standard InChI is InChI=1S/C15H28N2O3/c1-11-9-16-7-6-15(11)8-12(10-19-15)17(5)13(18)20-14(2,3)4/h11-12,16H,6-10H2,1-5H3/t11-,12-,15+/m1/s1. The van der Waals surface area contributed by atoms with Crippen LogP contribution in [0.3, 0.4) is 0 Å². The Morgan fingerprint density at radius 2 is 2.15 bits per heavy atom. The molecule has 2 heterocycles. The molecule has 0 bridgehead atoms. The number of amides is 1. The third kappa shape index (κ3) is 3.26. The Bertz CT molecular complexity index is 367. The second kappa shape index (κ2) is 5.53. The van der Waals surface area contributed by atoms with E-state index in [-0.39, 0.29) is 17.7 Å². The minimum absolute atomic E-state index is 0.0633. The highest BCUT2D eigenvalue weighted by Crippen LogP contribution is 2.39. The van der Waals surface area contributed by atoms with Crippen molar-refractivity contribution in [1.29, 1.82) is 0 Å². The zero-order chi connectivity index (χ0) is 15.0. The molecule has 0 aromatic carbocycles. The first-order valence-electron chi connectivity index (χ1n) is 7.54. The second-order valence-corrected chi connectivity index (χ2v) is 7.18. The quantitative estimate of drug-likeness (QED) is 0.800. The summed E-state index contributed by atoms with van der Waals surface area (Å²) in [5, 5.41) is 3.40. The van der Waals surface area contributed by atoms with Crippen molar-refractivity contribution in [1.82, 2.24) is 10.2 Å². The lowest BCUT2D eigenvalue weighted by Crippen LogP contribution is -2.49. The van der Waals surface area contributed by atoms with E-state index >= 15 is 0 Å². The van der Waals surface area contributed by atoms with Crippen molar-refractivity contribution in [3.8, 4) is 0 Å². The molecule has 5 nitrogen and oxygen atoms in total. The van der Waals surface area contributed by atoms with E-state index in [1.807, 2.05) is 27.8 Å². The smallest absolute Gasteiger partial charge is 0.410 e. The van der Waals surface area contributed by atoms with E-state index in [9.17, 15) is 4.79 Å². The number of nitrogens with one attached hydrogen (secondary N) is 1. The van der Waals surface area contributed by atoms with Crippen molar-refractivity contribution < 1.29 is 14.3 Å². The van der Waals surface area contributed by atoms with E-state index < -0.39 is 5.60 Å². The van der Waals surface area contributed by atoms with Gasteiger partial charge in [-0.05, 0) is 46.1 Å². The summed E-state index contributed by atoms with van der Waals surface area (Å²) >= 11 is 0. The Labute approximate surface area is 122 Å². The minimum atomic E-state index is -0.454. The van der Waals surface area contributed by atoms with Crippen molar-refractivity contribution in [3.05, 3.63) is 0 Å². The average Bonchev–Trinajstić information content (AvgIpc) is 2.75. The summed E-state index contributed by atoms with van der Waals surface area (Å²) in [5.74, 6) is 0.480. The number of piperidine rings is 1. The van der Waals surface area contributed by atoms with Crippen LogP contribution in [0, 0.1) is 5.92 Å². The first kappa shape index (κ1) is 15.6. The van der Waals surface area contributed by atoms with E-state index in [1.54, 1.807) is 4.90 Å². The van der Waals surface area contributed by atoms with Crippen molar-refractivity contribution in [3.63, 3.8) is 0 Å². The van der Waals surface area contributed by atoms with Crippen LogP contribution >= 0.6 is 0 Å². The fraction of sp³-hybridized carbons (Fsp3) is 0.933. The molecule has 0 aliphatic carbocycles. The van der Waals surface area contributed by atoms with Gasteiger partial charge < -0.3 is 19.7 Å². The molecule has 1 amide bonds. The van der Waals surface area contributed by atoms with Crippen LogP contribution in [0.1, 0.15) is 40.5 Å². The van der Waals surface area contributed by atoms with Crippen LogP contribution in [0.2, 0.25) is 0 Å². The van der Waals surface area contributed by atoms with Gasteiger partial charge in [0, 0.05) is 13.6 Å². The monoisotopic (exact) mass is 284 g/mol. The molecule has 0 unspecified atom stereocenters. The fourth-order valence-electron chi connectivity index (χ4n) is 3.08. The number of nitrogens with zero attached hydrogens (tertiary/aromatic N) is 1. The maximum absolute atomic E-state index is 12.1. The van der Waals surface area contributed by atoms with Crippen molar-refractivity contribution >= 4 is 6.09 Å².